The summed E-state index contributed by atoms with van der Waals surface area (Å²) >= 11 is 0. The van der Waals surface area contributed by atoms with Gasteiger partial charge in [0.25, 0.3) is 0 Å². The second kappa shape index (κ2) is 5.78. The quantitative estimate of drug-likeness (QED) is 0.875. The second-order valence-corrected chi connectivity index (χ2v) is 4.56. The fraction of sp³-hybridized carbons (Fsp3) is 0.429. The van der Waals surface area contributed by atoms with Crippen molar-refractivity contribution in [3.05, 3.63) is 47.0 Å². The van der Waals surface area contributed by atoms with E-state index in [2.05, 4.69) is 54.4 Å². The SMILES string of the molecule is CCNCc1ncn(Cc2ccc(C)c(C)c2)n1. The Hall–Kier alpha value is -1.68. The first-order chi connectivity index (χ1) is 8.69. The minimum atomic E-state index is 0.733. The molecule has 0 fully saturated rings. The summed E-state index contributed by atoms with van der Waals surface area (Å²) < 4.78 is 1.89. The number of hydrogen-bond acceptors (Lipinski definition) is 3. The highest BCUT2D eigenvalue weighted by Gasteiger charge is 2.02. The van der Waals surface area contributed by atoms with E-state index in [9.17, 15) is 0 Å². The van der Waals surface area contributed by atoms with Crippen molar-refractivity contribution < 1.29 is 0 Å². The Morgan fingerprint density at radius 2 is 2.06 bits per heavy atom. The summed E-state index contributed by atoms with van der Waals surface area (Å²) in [4.78, 5) is 4.28. The number of nitrogens with one attached hydrogen (secondary N) is 1. The standard InChI is InChI=1S/C14H20N4/c1-4-15-8-14-16-10-18(17-14)9-13-6-5-11(2)12(3)7-13/h5-7,10,15H,4,8-9H2,1-3H3. The first kappa shape index (κ1) is 12.8. The second-order valence-electron chi connectivity index (χ2n) is 4.56. The molecule has 96 valence electrons. The van der Waals surface area contributed by atoms with Gasteiger partial charge in [-0.1, -0.05) is 25.1 Å². The number of rotatable bonds is 5. The van der Waals surface area contributed by atoms with Crippen molar-refractivity contribution in [2.24, 2.45) is 0 Å². The third-order valence-corrected chi connectivity index (χ3v) is 3.03. The number of aryl methyl sites for hydroxylation is 2. The molecule has 0 amide bonds. The van der Waals surface area contributed by atoms with E-state index < -0.39 is 0 Å². The summed E-state index contributed by atoms with van der Waals surface area (Å²) in [6.07, 6.45) is 1.79. The lowest BCUT2D eigenvalue weighted by atomic mass is 10.1. The van der Waals surface area contributed by atoms with Crippen LogP contribution >= 0.6 is 0 Å². The molecule has 2 rings (SSSR count). The fourth-order valence-electron chi connectivity index (χ4n) is 1.82. The van der Waals surface area contributed by atoms with Crippen molar-refractivity contribution in [3.8, 4) is 0 Å². The highest BCUT2D eigenvalue weighted by molar-refractivity contribution is 5.29. The molecule has 0 atom stereocenters. The van der Waals surface area contributed by atoms with Crippen LogP contribution in [-0.4, -0.2) is 21.3 Å². The zero-order chi connectivity index (χ0) is 13.0. The fourth-order valence-corrected chi connectivity index (χ4v) is 1.82. The summed E-state index contributed by atoms with van der Waals surface area (Å²) in [6, 6.07) is 6.51. The van der Waals surface area contributed by atoms with Crippen molar-refractivity contribution in [2.45, 2.75) is 33.9 Å². The molecule has 1 aromatic carbocycles. The highest BCUT2D eigenvalue weighted by Crippen LogP contribution is 2.10. The van der Waals surface area contributed by atoms with Gasteiger partial charge < -0.3 is 5.32 Å². The molecule has 0 unspecified atom stereocenters. The van der Waals surface area contributed by atoms with E-state index in [1.165, 1.54) is 16.7 Å². The van der Waals surface area contributed by atoms with Crippen LogP contribution in [0.15, 0.2) is 24.5 Å². The van der Waals surface area contributed by atoms with Crippen molar-refractivity contribution in [1.82, 2.24) is 20.1 Å². The Kier molecular flexibility index (Phi) is 4.10. The minimum Gasteiger partial charge on any atom is -0.310 e. The van der Waals surface area contributed by atoms with E-state index in [0.717, 1.165) is 25.5 Å². The van der Waals surface area contributed by atoms with Gasteiger partial charge in [0.05, 0.1) is 13.1 Å². The van der Waals surface area contributed by atoms with Gasteiger partial charge in [0, 0.05) is 0 Å². The Labute approximate surface area is 108 Å². The van der Waals surface area contributed by atoms with Gasteiger partial charge in [-0.3, -0.25) is 0 Å². The maximum Gasteiger partial charge on any atom is 0.164 e. The molecule has 0 spiro atoms. The monoisotopic (exact) mass is 244 g/mol. The van der Waals surface area contributed by atoms with E-state index in [-0.39, 0.29) is 0 Å². The van der Waals surface area contributed by atoms with Crippen LogP contribution in [0.4, 0.5) is 0 Å². The van der Waals surface area contributed by atoms with Gasteiger partial charge >= 0.3 is 0 Å². The molecule has 0 bridgehead atoms. The lowest BCUT2D eigenvalue weighted by molar-refractivity contribution is 0.642. The van der Waals surface area contributed by atoms with Gasteiger partial charge in [-0.05, 0) is 37.1 Å². The number of hydrogen-bond donors (Lipinski definition) is 1. The molecule has 0 saturated heterocycles. The normalized spacial score (nSPS) is 10.8. The highest BCUT2D eigenvalue weighted by atomic mass is 15.3. The molecule has 1 N–H and O–H groups in total. The first-order valence-corrected chi connectivity index (χ1v) is 6.34. The number of benzene rings is 1. The largest absolute Gasteiger partial charge is 0.310 e. The minimum absolute atomic E-state index is 0.733. The third kappa shape index (κ3) is 3.17. The molecule has 2 aromatic rings. The summed E-state index contributed by atoms with van der Waals surface area (Å²) in [5, 5.41) is 7.66. The van der Waals surface area contributed by atoms with Crippen LogP contribution < -0.4 is 5.32 Å². The zero-order valence-corrected chi connectivity index (χ0v) is 11.3. The van der Waals surface area contributed by atoms with Crippen LogP contribution in [-0.2, 0) is 13.1 Å². The van der Waals surface area contributed by atoms with Crippen LogP contribution in [0.1, 0.15) is 29.4 Å². The lowest BCUT2D eigenvalue weighted by Crippen LogP contribution is -2.13. The summed E-state index contributed by atoms with van der Waals surface area (Å²) in [7, 11) is 0. The Balaban J connectivity index is 2.04. The molecular weight excluding hydrogens is 224 g/mol. The Morgan fingerprint density at radius 1 is 1.22 bits per heavy atom. The van der Waals surface area contributed by atoms with Gasteiger partial charge in [0.1, 0.15) is 6.33 Å². The molecule has 4 nitrogen and oxygen atoms in total. The Bertz CT molecular complexity index is 516. The van der Waals surface area contributed by atoms with Crippen molar-refractivity contribution >= 4 is 0 Å². The average molecular weight is 244 g/mol. The predicted molar refractivity (Wildman–Crippen MR) is 72.4 cm³/mol. The summed E-state index contributed by atoms with van der Waals surface area (Å²) in [5.41, 5.74) is 3.91. The van der Waals surface area contributed by atoms with Crippen LogP contribution in [0.25, 0.3) is 0 Å². The smallest absolute Gasteiger partial charge is 0.164 e. The molecule has 0 radical (unpaired) electrons. The van der Waals surface area contributed by atoms with E-state index in [4.69, 9.17) is 0 Å². The molecule has 18 heavy (non-hydrogen) atoms. The molecule has 1 heterocycles. The maximum absolute atomic E-state index is 4.44. The summed E-state index contributed by atoms with van der Waals surface area (Å²) in [5.74, 6) is 0.848. The van der Waals surface area contributed by atoms with Gasteiger partial charge in [-0.25, -0.2) is 9.67 Å². The number of nitrogens with zero attached hydrogens (tertiary/aromatic N) is 3. The maximum atomic E-state index is 4.44. The third-order valence-electron chi connectivity index (χ3n) is 3.03. The van der Waals surface area contributed by atoms with E-state index in [1.54, 1.807) is 6.33 Å². The van der Waals surface area contributed by atoms with Gasteiger partial charge in [0.15, 0.2) is 5.82 Å². The van der Waals surface area contributed by atoms with Crippen molar-refractivity contribution in [1.29, 1.82) is 0 Å². The first-order valence-electron chi connectivity index (χ1n) is 6.34. The average Bonchev–Trinajstić information content (AvgIpc) is 2.79. The van der Waals surface area contributed by atoms with Crippen LogP contribution in [0.2, 0.25) is 0 Å². The van der Waals surface area contributed by atoms with Gasteiger partial charge in [-0.15, -0.1) is 0 Å². The topological polar surface area (TPSA) is 42.7 Å². The lowest BCUT2D eigenvalue weighted by Gasteiger charge is -2.05. The van der Waals surface area contributed by atoms with Crippen LogP contribution in [0.3, 0.4) is 0 Å². The van der Waals surface area contributed by atoms with Gasteiger partial charge in [-0.2, -0.15) is 5.10 Å². The molecule has 0 aliphatic heterocycles. The molecule has 0 saturated carbocycles. The molecule has 0 aliphatic carbocycles. The molecule has 4 heteroatoms. The molecule has 0 aliphatic rings. The van der Waals surface area contributed by atoms with E-state index >= 15 is 0 Å². The van der Waals surface area contributed by atoms with Crippen LogP contribution in [0.5, 0.6) is 0 Å². The van der Waals surface area contributed by atoms with Crippen molar-refractivity contribution in [3.63, 3.8) is 0 Å². The van der Waals surface area contributed by atoms with E-state index in [0.29, 0.717) is 0 Å². The zero-order valence-electron chi connectivity index (χ0n) is 11.3. The molecular formula is C14H20N4. The predicted octanol–water partition coefficient (Wildman–Crippen LogP) is 2.05. The Morgan fingerprint density at radius 3 is 2.78 bits per heavy atom. The molecule has 1 aromatic heterocycles. The number of aromatic nitrogens is 3. The van der Waals surface area contributed by atoms with Crippen LogP contribution in [0, 0.1) is 13.8 Å². The van der Waals surface area contributed by atoms with Gasteiger partial charge in [0.2, 0.25) is 0 Å². The summed E-state index contributed by atoms with van der Waals surface area (Å²) in [6.45, 7) is 8.79. The van der Waals surface area contributed by atoms with E-state index in [1.807, 2.05) is 4.68 Å². The van der Waals surface area contributed by atoms with Crippen molar-refractivity contribution in [2.75, 3.05) is 6.54 Å².